The van der Waals surface area contributed by atoms with E-state index in [1.54, 1.807) is 45.4 Å². The molecule has 1 N–H and O–H groups in total. The highest BCUT2D eigenvalue weighted by atomic mass is 16.5. The Labute approximate surface area is 155 Å². The van der Waals surface area contributed by atoms with E-state index in [0.717, 1.165) is 5.56 Å². The van der Waals surface area contributed by atoms with Gasteiger partial charge in [0.05, 0.1) is 25.3 Å². The van der Waals surface area contributed by atoms with Crippen molar-refractivity contribution in [3.8, 4) is 22.8 Å². The summed E-state index contributed by atoms with van der Waals surface area (Å²) in [5.74, 6) is 2.64. The first kappa shape index (κ1) is 17.1. The molecule has 0 atom stereocenters. The predicted octanol–water partition coefficient (Wildman–Crippen LogP) is 3.33. The Morgan fingerprint density at radius 1 is 1.07 bits per heavy atom. The molecule has 1 amide bonds. The van der Waals surface area contributed by atoms with Gasteiger partial charge in [0.1, 0.15) is 5.76 Å². The van der Waals surface area contributed by atoms with E-state index < -0.39 is 5.41 Å². The van der Waals surface area contributed by atoms with Crippen LogP contribution >= 0.6 is 0 Å². The second-order valence-electron chi connectivity index (χ2n) is 6.51. The van der Waals surface area contributed by atoms with Gasteiger partial charge >= 0.3 is 0 Å². The Kier molecular flexibility index (Phi) is 4.10. The van der Waals surface area contributed by atoms with Crippen molar-refractivity contribution in [2.45, 2.75) is 25.2 Å². The number of methoxy groups -OCH3 is 2. The lowest BCUT2D eigenvalue weighted by atomic mass is 10.0. The minimum absolute atomic E-state index is 0.164. The molecule has 140 valence electrons. The minimum atomic E-state index is -0.689. The van der Waals surface area contributed by atoms with Crippen molar-refractivity contribution in [1.82, 2.24) is 10.3 Å². The van der Waals surface area contributed by atoms with Crippen LogP contribution in [0, 0.1) is 6.92 Å². The Morgan fingerprint density at radius 2 is 1.85 bits per heavy atom. The predicted molar refractivity (Wildman–Crippen MR) is 95.8 cm³/mol. The topological polar surface area (TPSA) is 99.6 Å². The van der Waals surface area contributed by atoms with E-state index in [-0.39, 0.29) is 5.91 Å². The van der Waals surface area contributed by atoms with Gasteiger partial charge in [-0.1, -0.05) is 10.3 Å². The van der Waals surface area contributed by atoms with Crippen LogP contribution < -0.4 is 14.8 Å². The largest absolute Gasteiger partial charge is 0.493 e. The molecular formula is C19H19N3O5. The molecule has 1 fully saturated rings. The molecule has 2 heterocycles. The molecule has 0 aliphatic heterocycles. The highest BCUT2D eigenvalue weighted by molar-refractivity contribution is 6.00. The molecule has 1 aliphatic carbocycles. The normalized spacial score (nSPS) is 14.6. The highest BCUT2D eigenvalue weighted by Crippen LogP contribution is 2.49. The van der Waals surface area contributed by atoms with E-state index in [1.807, 2.05) is 6.07 Å². The van der Waals surface area contributed by atoms with Gasteiger partial charge in [-0.05, 0) is 38.0 Å². The van der Waals surface area contributed by atoms with Crippen molar-refractivity contribution in [2.24, 2.45) is 0 Å². The zero-order chi connectivity index (χ0) is 19.0. The van der Waals surface area contributed by atoms with Crippen molar-refractivity contribution in [3.05, 3.63) is 41.8 Å². The number of nitrogens with one attached hydrogen (secondary N) is 1. The summed E-state index contributed by atoms with van der Waals surface area (Å²) < 4.78 is 21.1. The highest BCUT2D eigenvalue weighted by Gasteiger charge is 2.54. The zero-order valence-corrected chi connectivity index (χ0v) is 15.2. The van der Waals surface area contributed by atoms with Gasteiger partial charge in [0.15, 0.2) is 23.1 Å². The van der Waals surface area contributed by atoms with Crippen LogP contribution in [0.2, 0.25) is 0 Å². The molecule has 8 heteroatoms. The number of benzene rings is 1. The van der Waals surface area contributed by atoms with Crippen LogP contribution in [-0.2, 0) is 10.2 Å². The average molecular weight is 369 g/mol. The monoisotopic (exact) mass is 369 g/mol. The molecule has 27 heavy (non-hydrogen) atoms. The number of carbonyl (C=O) groups is 1. The molecule has 4 rings (SSSR count). The molecule has 0 bridgehead atoms. The summed E-state index contributed by atoms with van der Waals surface area (Å²) in [6.45, 7) is 1.77. The number of carbonyl (C=O) groups excluding carboxylic acids is 1. The smallest absolute Gasteiger partial charge is 0.238 e. The quantitative estimate of drug-likeness (QED) is 0.711. The van der Waals surface area contributed by atoms with Gasteiger partial charge < -0.3 is 23.8 Å². The zero-order valence-electron chi connectivity index (χ0n) is 15.2. The Balaban J connectivity index is 1.58. The number of ether oxygens (including phenoxy) is 2. The first-order valence-corrected chi connectivity index (χ1v) is 8.50. The van der Waals surface area contributed by atoms with Gasteiger partial charge in [-0.15, -0.1) is 0 Å². The van der Waals surface area contributed by atoms with Crippen LogP contribution in [0.25, 0.3) is 11.3 Å². The van der Waals surface area contributed by atoms with E-state index in [4.69, 9.17) is 18.5 Å². The van der Waals surface area contributed by atoms with Gasteiger partial charge in [-0.25, -0.2) is 0 Å². The molecule has 0 spiro atoms. The van der Waals surface area contributed by atoms with Gasteiger partial charge in [0, 0.05) is 17.7 Å². The fraction of sp³-hybridized carbons (Fsp3) is 0.316. The number of hydrogen-bond acceptors (Lipinski definition) is 7. The van der Waals surface area contributed by atoms with Crippen molar-refractivity contribution in [3.63, 3.8) is 0 Å². The van der Waals surface area contributed by atoms with Gasteiger partial charge in [0.2, 0.25) is 5.91 Å². The fourth-order valence-electron chi connectivity index (χ4n) is 3.01. The fourth-order valence-corrected chi connectivity index (χ4v) is 3.01. The first-order valence-electron chi connectivity index (χ1n) is 8.50. The number of amides is 1. The SMILES string of the molecule is COc1ccc(-c2cc(C3(C(=O)Nc4cc(C)on4)CC3)no2)cc1OC. The van der Waals surface area contributed by atoms with Gasteiger partial charge in [0.25, 0.3) is 0 Å². The maximum atomic E-state index is 12.7. The number of aryl methyl sites for hydroxylation is 1. The Hall–Kier alpha value is -3.29. The molecule has 1 aromatic carbocycles. The third-order valence-corrected chi connectivity index (χ3v) is 4.72. The van der Waals surface area contributed by atoms with Crippen LogP contribution in [0.3, 0.4) is 0 Å². The molecule has 0 saturated heterocycles. The molecule has 3 aromatic rings. The number of rotatable bonds is 6. The van der Waals surface area contributed by atoms with E-state index in [0.29, 0.717) is 47.4 Å². The summed E-state index contributed by atoms with van der Waals surface area (Å²) in [4.78, 5) is 12.7. The summed E-state index contributed by atoms with van der Waals surface area (Å²) in [6.07, 6.45) is 1.40. The summed E-state index contributed by atoms with van der Waals surface area (Å²) in [7, 11) is 3.15. The molecule has 2 aromatic heterocycles. The maximum Gasteiger partial charge on any atom is 0.238 e. The lowest BCUT2D eigenvalue weighted by molar-refractivity contribution is -0.118. The third kappa shape index (κ3) is 3.03. The van der Waals surface area contributed by atoms with Crippen LogP contribution in [-0.4, -0.2) is 30.4 Å². The van der Waals surface area contributed by atoms with Crippen molar-refractivity contribution in [1.29, 1.82) is 0 Å². The molecule has 0 radical (unpaired) electrons. The minimum Gasteiger partial charge on any atom is -0.493 e. The van der Waals surface area contributed by atoms with Crippen LogP contribution in [0.4, 0.5) is 5.82 Å². The summed E-state index contributed by atoms with van der Waals surface area (Å²) in [5, 5.41) is 10.7. The number of hydrogen-bond donors (Lipinski definition) is 1. The van der Waals surface area contributed by atoms with Crippen molar-refractivity contribution < 1.29 is 23.3 Å². The maximum absolute atomic E-state index is 12.7. The first-order chi connectivity index (χ1) is 13.1. The molecule has 1 saturated carbocycles. The lowest BCUT2D eigenvalue weighted by Crippen LogP contribution is -2.28. The second-order valence-corrected chi connectivity index (χ2v) is 6.51. The van der Waals surface area contributed by atoms with Crippen LogP contribution in [0.5, 0.6) is 11.5 Å². The third-order valence-electron chi connectivity index (χ3n) is 4.72. The average Bonchev–Trinajstić information content (AvgIpc) is 3.16. The van der Waals surface area contributed by atoms with Crippen molar-refractivity contribution >= 4 is 11.7 Å². The summed E-state index contributed by atoms with van der Waals surface area (Å²) in [5.41, 5.74) is 0.699. The lowest BCUT2D eigenvalue weighted by Gasteiger charge is -2.10. The number of anilines is 1. The summed E-state index contributed by atoms with van der Waals surface area (Å²) in [6, 6.07) is 8.92. The Morgan fingerprint density at radius 3 is 2.48 bits per heavy atom. The second kappa shape index (κ2) is 6.46. The standard InChI is InChI=1S/C19H19N3O5/c1-11-8-17(22-26-11)20-18(23)19(6-7-19)16-10-14(27-21-16)12-4-5-13(24-2)15(9-12)25-3/h4-5,8-10H,6-7H2,1-3H3,(H,20,22,23). The molecule has 8 nitrogen and oxygen atoms in total. The number of aromatic nitrogens is 2. The van der Waals surface area contributed by atoms with E-state index in [1.165, 1.54) is 0 Å². The van der Waals surface area contributed by atoms with Crippen LogP contribution in [0.15, 0.2) is 39.4 Å². The van der Waals surface area contributed by atoms with Crippen molar-refractivity contribution in [2.75, 3.05) is 19.5 Å². The van der Waals surface area contributed by atoms with E-state index in [2.05, 4.69) is 15.6 Å². The van der Waals surface area contributed by atoms with Gasteiger partial charge in [-0.3, -0.25) is 4.79 Å². The molecular weight excluding hydrogens is 350 g/mol. The van der Waals surface area contributed by atoms with Gasteiger partial charge in [-0.2, -0.15) is 0 Å². The van der Waals surface area contributed by atoms with Crippen LogP contribution in [0.1, 0.15) is 24.3 Å². The molecule has 0 unspecified atom stereocenters. The number of nitrogens with zero attached hydrogens (tertiary/aromatic N) is 2. The van der Waals surface area contributed by atoms with E-state index >= 15 is 0 Å². The molecule has 1 aliphatic rings. The van der Waals surface area contributed by atoms with E-state index in [9.17, 15) is 4.79 Å². The summed E-state index contributed by atoms with van der Waals surface area (Å²) >= 11 is 0. The Bertz CT molecular complexity index is 987.